The number of Topliss-reactive ketones (excluding diaryl/α,β-unsaturated/α-hetero) is 1. The van der Waals surface area contributed by atoms with Gasteiger partial charge in [-0.1, -0.05) is 38.5 Å². The van der Waals surface area contributed by atoms with Crippen molar-refractivity contribution in [3.8, 4) is 0 Å². The topological polar surface area (TPSA) is 74.3 Å². The maximum atomic E-state index is 11.6. The summed E-state index contributed by atoms with van der Waals surface area (Å²) < 4.78 is 31.2. The van der Waals surface area contributed by atoms with Gasteiger partial charge in [0.2, 0.25) is 0 Å². The Morgan fingerprint density at radius 3 is 1.83 bits per heavy atom. The highest BCUT2D eigenvalue weighted by molar-refractivity contribution is 7.97. The van der Waals surface area contributed by atoms with Gasteiger partial charge in [0.05, 0.1) is 4.90 Å². The highest BCUT2D eigenvalue weighted by Gasteiger charge is 2.27. The van der Waals surface area contributed by atoms with Gasteiger partial charge in [0.15, 0.2) is 11.5 Å². The summed E-state index contributed by atoms with van der Waals surface area (Å²) in [5, 5.41) is 0. The van der Waals surface area contributed by atoms with Crippen molar-refractivity contribution in [3.63, 3.8) is 0 Å². The molecule has 0 unspecified atom stereocenters. The molecule has 1 rings (SSSR count). The summed E-state index contributed by atoms with van der Waals surface area (Å²) in [6.07, 6.45) is 0. The fourth-order valence-electron chi connectivity index (χ4n) is 1.52. The molecule has 0 aliphatic heterocycles. The van der Waals surface area contributed by atoms with E-state index in [0.29, 0.717) is 16.7 Å². The van der Waals surface area contributed by atoms with Crippen molar-refractivity contribution < 1.29 is 17.8 Å². The van der Waals surface area contributed by atoms with Crippen LogP contribution < -0.4 is 0 Å². The summed E-state index contributed by atoms with van der Waals surface area (Å²) in [6.45, 7) is 12.2. The molecule has 23 heavy (non-hydrogen) atoms. The van der Waals surface area contributed by atoms with Crippen molar-refractivity contribution in [2.24, 2.45) is 5.41 Å². The Balaban J connectivity index is 0.000000422. The maximum absolute atomic E-state index is 11.6. The van der Waals surface area contributed by atoms with E-state index < -0.39 is 10.1 Å². The number of ketones is 1. The molecule has 4 nitrogen and oxygen atoms in total. The second-order valence-electron chi connectivity index (χ2n) is 6.27. The number of rotatable bonds is 5. The number of benzene rings is 1. The van der Waals surface area contributed by atoms with Crippen LogP contribution in [0.15, 0.2) is 29.2 Å². The van der Waals surface area contributed by atoms with E-state index in [4.69, 9.17) is 0 Å². The average molecular weight is 361 g/mol. The summed E-state index contributed by atoms with van der Waals surface area (Å²) in [5.41, 5.74) is 0.785. The molecule has 6 heteroatoms. The van der Waals surface area contributed by atoms with E-state index in [-0.39, 0.29) is 10.3 Å². The molecule has 0 spiro atoms. The van der Waals surface area contributed by atoms with Crippen molar-refractivity contribution >= 4 is 26.8 Å². The zero-order valence-corrected chi connectivity index (χ0v) is 16.5. The molecule has 132 valence electrons. The van der Waals surface area contributed by atoms with Gasteiger partial charge in [-0.15, -0.1) is 0 Å². The molecule has 0 atom stereocenters. The van der Waals surface area contributed by atoms with E-state index in [0.717, 1.165) is 22.8 Å². The Bertz CT molecular complexity index is 580. The summed E-state index contributed by atoms with van der Waals surface area (Å²) in [7, 11) is -3.93. The first-order valence-corrected chi connectivity index (χ1v) is 10.8. The first-order valence-electron chi connectivity index (χ1n) is 7.61. The number of aryl methyl sites for hydroxylation is 1. The third-order valence-electron chi connectivity index (χ3n) is 3.30. The molecular formula is C17H28O4S2. The predicted molar refractivity (Wildman–Crippen MR) is 96.9 cm³/mol. The SMILES string of the molecule is CC[S+](CC)CC(=O)C(C)(C)C.Cc1ccc(S(=O)(=O)[O-])cc1. The van der Waals surface area contributed by atoms with Crippen LogP contribution in [0.4, 0.5) is 0 Å². The Morgan fingerprint density at radius 1 is 1.09 bits per heavy atom. The minimum Gasteiger partial charge on any atom is -0.744 e. The zero-order valence-electron chi connectivity index (χ0n) is 14.9. The van der Waals surface area contributed by atoms with Crippen molar-refractivity contribution in [1.29, 1.82) is 0 Å². The van der Waals surface area contributed by atoms with Crippen LogP contribution in [0, 0.1) is 12.3 Å². The van der Waals surface area contributed by atoms with Gasteiger partial charge < -0.3 is 4.55 Å². The standard InChI is InChI=1S/C10H21OS.C7H8O3S/c1-6-12(7-2)8-9(11)10(3,4)5;1-6-2-4-7(5-3-6)11(8,9)10/h6-8H2,1-5H3;2-5H,1H3,(H,8,9,10)/q+1;/p-1. The first-order chi connectivity index (χ1) is 10.4. The van der Waals surface area contributed by atoms with Crippen LogP contribution in [-0.2, 0) is 25.8 Å². The van der Waals surface area contributed by atoms with Gasteiger partial charge in [-0.25, -0.2) is 8.42 Å². The van der Waals surface area contributed by atoms with E-state index in [1.807, 2.05) is 27.7 Å². The van der Waals surface area contributed by atoms with Gasteiger partial charge in [0.1, 0.15) is 21.6 Å². The van der Waals surface area contributed by atoms with E-state index >= 15 is 0 Å². The lowest BCUT2D eigenvalue weighted by molar-refractivity contribution is -0.123. The highest BCUT2D eigenvalue weighted by Crippen LogP contribution is 2.16. The molecule has 0 aromatic heterocycles. The normalized spacial score (nSPS) is 11.8. The lowest BCUT2D eigenvalue weighted by Crippen LogP contribution is -2.29. The zero-order chi connectivity index (χ0) is 18.3. The van der Waals surface area contributed by atoms with Gasteiger partial charge in [0, 0.05) is 5.41 Å². The number of carbonyl (C=O) groups excluding carboxylic acids is 1. The Morgan fingerprint density at radius 2 is 1.52 bits per heavy atom. The molecule has 0 saturated carbocycles. The summed E-state index contributed by atoms with van der Waals surface area (Å²) >= 11 is 0. The Hall–Kier alpha value is -0.850. The minimum absolute atomic E-state index is 0.143. The van der Waals surface area contributed by atoms with E-state index in [1.165, 1.54) is 12.1 Å². The molecule has 0 heterocycles. The lowest BCUT2D eigenvalue weighted by Gasteiger charge is -2.15. The Labute approximate surface area is 143 Å². The summed E-state index contributed by atoms with van der Waals surface area (Å²) in [6, 6.07) is 5.78. The van der Waals surface area contributed by atoms with E-state index in [1.54, 1.807) is 12.1 Å². The van der Waals surface area contributed by atoms with Crippen molar-refractivity contribution in [2.45, 2.75) is 46.4 Å². The summed E-state index contributed by atoms with van der Waals surface area (Å²) in [5.74, 6) is 3.50. The molecule has 0 aliphatic carbocycles. The number of hydrogen-bond acceptors (Lipinski definition) is 4. The van der Waals surface area contributed by atoms with Crippen LogP contribution >= 0.6 is 0 Å². The van der Waals surface area contributed by atoms with E-state index in [9.17, 15) is 17.8 Å². The molecular weight excluding hydrogens is 332 g/mol. The van der Waals surface area contributed by atoms with Crippen LogP contribution in [0.1, 0.15) is 40.2 Å². The minimum atomic E-state index is -4.27. The summed E-state index contributed by atoms with van der Waals surface area (Å²) in [4.78, 5) is 11.4. The van der Waals surface area contributed by atoms with Gasteiger partial charge in [0.25, 0.3) is 0 Å². The predicted octanol–water partition coefficient (Wildman–Crippen LogP) is 3.16. The molecule has 1 aromatic rings. The first kappa shape index (κ1) is 22.1. The fraction of sp³-hybridized carbons (Fsp3) is 0.588. The molecule has 0 radical (unpaired) electrons. The molecule has 1 aromatic carbocycles. The average Bonchev–Trinajstić information content (AvgIpc) is 2.43. The number of carbonyl (C=O) groups is 1. The van der Waals surface area contributed by atoms with Crippen LogP contribution in [0.3, 0.4) is 0 Å². The van der Waals surface area contributed by atoms with Gasteiger partial charge in [-0.2, -0.15) is 0 Å². The quantitative estimate of drug-likeness (QED) is 0.597. The van der Waals surface area contributed by atoms with Crippen molar-refractivity contribution in [1.82, 2.24) is 0 Å². The van der Waals surface area contributed by atoms with Crippen LogP contribution in [0.2, 0.25) is 0 Å². The fourth-order valence-corrected chi connectivity index (χ4v) is 3.60. The van der Waals surface area contributed by atoms with Crippen LogP contribution in [0.25, 0.3) is 0 Å². The largest absolute Gasteiger partial charge is 0.744 e. The van der Waals surface area contributed by atoms with Crippen LogP contribution in [-0.4, -0.2) is 36.0 Å². The molecule has 0 aliphatic rings. The maximum Gasteiger partial charge on any atom is 0.187 e. The van der Waals surface area contributed by atoms with Gasteiger partial charge >= 0.3 is 0 Å². The van der Waals surface area contributed by atoms with E-state index in [2.05, 4.69) is 13.8 Å². The molecule has 0 amide bonds. The van der Waals surface area contributed by atoms with Crippen LogP contribution in [0.5, 0.6) is 0 Å². The third-order valence-corrected chi connectivity index (χ3v) is 6.45. The molecule has 0 fully saturated rings. The number of hydrogen-bond donors (Lipinski definition) is 0. The van der Waals surface area contributed by atoms with Crippen molar-refractivity contribution in [2.75, 3.05) is 17.3 Å². The van der Waals surface area contributed by atoms with Gasteiger partial charge in [-0.3, -0.25) is 4.79 Å². The second kappa shape index (κ2) is 9.45. The molecule has 0 N–H and O–H groups in total. The molecule has 0 saturated heterocycles. The Kier molecular flexibility index (Phi) is 9.10. The lowest BCUT2D eigenvalue weighted by atomic mass is 9.92. The van der Waals surface area contributed by atoms with Gasteiger partial charge in [-0.05, 0) is 43.8 Å². The third kappa shape index (κ3) is 9.13. The highest BCUT2D eigenvalue weighted by atomic mass is 32.2. The molecule has 0 bridgehead atoms. The smallest absolute Gasteiger partial charge is 0.187 e. The van der Waals surface area contributed by atoms with Crippen molar-refractivity contribution in [3.05, 3.63) is 29.8 Å². The monoisotopic (exact) mass is 360 g/mol. The second-order valence-corrected chi connectivity index (χ2v) is 10.3.